The molecule has 1 amide bonds. The van der Waals surface area contributed by atoms with Crippen LogP contribution in [0.25, 0.3) is 11.0 Å². The Morgan fingerprint density at radius 1 is 1.32 bits per heavy atom. The van der Waals surface area contributed by atoms with E-state index in [4.69, 9.17) is 11.6 Å². The number of halogens is 1. The van der Waals surface area contributed by atoms with Crippen LogP contribution < -0.4 is 0 Å². The highest BCUT2D eigenvalue weighted by Crippen LogP contribution is 2.22. The van der Waals surface area contributed by atoms with Crippen molar-refractivity contribution in [2.45, 2.75) is 19.4 Å². The van der Waals surface area contributed by atoms with Crippen LogP contribution in [0, 0.1) is 0 Å². The van der Waals surface area contributed by atoms with Gasteiger partial charge in [0.15, 0.2) is 0 Å². The quantitative estimate of drug-likeness (QED) is 0.770. The summed E-state index contributed by atoms with van der Waals surface area (Å²) in [5.74, 6) is 0.951. The highest BCUT2D eigenvalue weighted by atomic mass is 35.5. The van der Waals surface area contributed by atoms with Crippen molar-refractivity contribution in [3.05, 3.63) is 51.4 Å². The van der Waals surface area contributed by atoms with Gasteiger partial charge in [0.1, 0.15) is 5.82 Å². The standard InChI is InChI=1S/C16H16ClN3OS/c1-20(10-11-6-7-14(17)22-11)16(21)9-8-15-18-12-4-2-3-5-13(12)19-15/h2-7H,8-10H2,1H3,(H,18,19). The lowest BCUT2D eigenvalue weighted by molar-refractivity contribution is -0.130. The number of aryl methyl sites for hydroxylation is 1. The van der Waals surface area contributed by atoms with E-state index < -0.39 is 0 Å². The van der Waals surface area contributed by atoms with Gasteiger partial charge in [-0.3, -0.25) is 4.79 Å². The summed E-state index contributed by atoms with van der Waals surface area (Å²) in [5.41, 5.74) is 1.94. The normalized spacial score (nSPS) is 11.0. The number of aromatic nitrogens is 2. The number of aromatic amines is 1. The van der Waals surface area contributed by atoms with E-state index in [9.17, 15) is 4.79 Å². The smallest absolute Gasteiger partial charge is 0.223 e. The number of hydrogen-bond donors (Lipinski definition) is 1. The van der Waals surface area contributed by atoms with Crippen LogP contribution >= 0.6 is 22.9 Å². The molecule has 0 fully saturated rings. The Bertz CT molecular complexity index is 762. The van der Waals surface area contributed by atoms with Crippen LogP contribution in [-0.4, -0.2) is 27.8 Å². The second-order valence-corrected chi connectivity index (χ2v) is 6.96. The van der Waals surface area contributed by atoms with E-state index >= 15 is 0 Å². The van der Waals surface area contributed by atoms with E-state index in [1.165, 1.54) is 11.3 Å². The van der Waals surface area contributed by atoms with Crippen LogP contribution in [0.3, 0.4) is 0 Å². The van der Waals surface area contributed by atoms with Gasteiger partial charge in [-0.25, -0.2) is 4.98 Å². The van der Waals surface area contributed by atoms with Crippen molar-refractivity contribution in [3.63, 3.8) is 0 Å². The van der Waals surface area contributed by atoms with Gasteiger partial charge >= 0.3 is 0 Å². The Morgan fingerprint density at radius 3 is 2.86 bits per heavy atom. The fourth-order valence-corrected chi connectivity index (χ4v) is 3.44. The second kappa shape index (κ2) is 6.50. The summed E-state index contributed by atoms with van der Waals surface area (Å²) in [7, 11) is 1.81. The molecule has 2 heterocycles. The fraction of sp³-hybridized carbons (Fsp3) is 0.250. The molecule has 1 N–H and O–H groups in total. The van der Waals surface area contributed by atoms with Crippen molar-refractivity contribution < 1.29 is 4.79 Å². The number of carbonyl (C=O) groups is 1. The third-order valence-corrected chi connectivity index (χ3v) is 4.68. The molecule has 22 heavy (non-hydrogen) atoms. The van der Waals surface area contributed by atoms with Crippen LogP contribution in [0.15, 0.2) is 36.4 Å². The van der Waals surface area contributed by atoms with Crippen molar-refractivity contribution in [3.8, 4) is 0 Å². The van der Waals surface area contributed by atoms with Crippen LogP contribution in [0.2, 0.25) is 4.34 Å². The molecule has 0 atom stereocenters. The number of benzene rings is 1. The van der Waals surface area contributed by atoms with Crippen LogP contribution in [0.1, 0.15) is 17.1 Å². The SMILES string of the molecule is CN(Cc1ccc(Cl)s1)C(=O)CCc1nc2ccccc2[nH]1. The zero-order valence-corrected chi connectivity index (χ0v) is 13.7. The van der Waals surface area contributed by atoms with Gasteiger partial charge in [0.05, 0.1) is 21.9 Å². The van der Waals surface area contributed by atoms with Crippen molar-refractivity contribution in [1.82, 2.24) is 14.9 Å². The van der Waals surface area contributed by atoms with E-state index in [0.717, 1.165) is 26.1 Å². The number of hydrogen-bond acceptors (Lipinski definition) is 3. The first-order valence-corrected chi connectivity index (χ1v) is 8.23. The molecule has 0 unspecified atom stereocenters. The Balaban J connectivity index is 1.57. The third-order valence-electron chi connectivity index (χ3n) is 3.46. The molecular formula is C16H16ClN3OS. The molecule has 3 aromatic rings. The van der Waals surface area contributed by atoms with E-state index in [1.54, 1.807) is 4.90 Å². The molecule has 0 bridgehead atoms. The molecule has 114 valence electrons. The molecule has 3 rings (SSSR count). The average Bonchev–Trinajstić information content (AvgIpc) is 3.10. The molecular weight excluding hydrogens is 318 g/mol. The zero-order valence-electron chi connectivity index (χ0n) is 12.2. The molecule has 0 aliphatic rings. The molecule has 0 spiro atoms. The molecule has 0 radical (unpaired) electrons. The molecule has 0 saturated heterocycles. The molecule has 6 heteroatoms. The number of H-pyrrole nitrogens is 1. The highest BCUT2D eigenvalue weighted by Gasteiger charge is 2.12. The van der Waals surface area contributed by atoms with Crippen molar-refractivity contribution in [2.24, 2.45) is 0 Å². The minimum Gasteiger partial charge on any atom is -0.342 e. The summed E-state index contributed by atoms with van der Waals surface area (Å²) < 4.78 is 0.748. The maximum Gasteiger partial charge on any atom is 0.223 e. The van der Waals surface area contributed by atoms with Gasteiger partial charge in [0, 0.05) is 24.8 Å². The van der Waals surface area contributed by atoms with Gasteiger partial charge < -0.3 is 9.88 Å². The maximum atomic E-state index is 12.2. The van der Waals surface area contributed by atoms with E-state index in [-0.39, 0.29) is 5.91 Å². The summed E-state index contributed by atoms with van der Waals surface area (Å²) in [5, 5.41) is 0. The van der Waals surface area contributed by atoms with Crippen molar-refractivity contribution >= 4 is 39.9 Å². The predicted molar refractivity (Wildman–Crippen MR) is 90.2 cm³/mol. The number of amides is 1. The summed E-state index contributed by atoms with van der Waals surface area (Å²) in [6.07, 6.45) is 1.05. The van der Waals surface area contributed by atoms with Gasteiger partial charge in [-0.15, -0.1) is 11.3 Å². The Morgan fingerprint density at radius 2 is 2.14 bits per heavy atom. The molecule has 2 aromatic heterocycles. The summed E-state index contributed by atoms with van der Waals surface area (Å²) >= 11 is 7.41. The number of fused-ring (bicyclic) bond motifs is 1. The number of imidazole rings is 1. The zero-order chi connectivity index (χ0) is 15.5. The number of nitrogens with one attached hydrogen (secondary N) is 1. The molecule has 0 saturated carbocycles. The van der Waals surface area contributed by atoms with Crippen molar-refractivity contribution in [2.75, 3.05) is 7.05 Å². The number of carbonyl (C=O) groups excluding carboxylic acids is 1. The molecule has 0 aliphatic carbocycles. The Kier molecular flexibility index (Phi) is 4.45. The highest BCUT2D eigenvalue weighted by molar-refractivity contribution is 7.16. The monoisotopic (exact) mass is 333 g/mol. The van der Waals surface area contributed by atoms with Gasteiger partial charge in [0.25, 0.3) is 0 Å². The first-order valence-electron chi connectivity index (χ1n) is 7.03. The van der Waals surface area contributed by atoms with Gasteiger partial charge in [-0.2, -0.15) is 0 Å². The van der Waals surface area contributed by atoms with E-state index in [1.807, 2.05) is 43.4 Å². The Hall–Kier alpha value is -1.85. The molecule has 1 aromatic carbocycles. The second-order valence-electron chi connectivity index (χ2n) is 5.16. The number of rotatable bonds is 5. The van der Waals surface area contributed by atoms with Crippen LogP contribution in [-0.2, 0) is 17.8 Å². The topological polar surface area (TPSA) is 49.0 Å². The van der Waals surface area contributed by atoms with E-state index in [2.05, 4.69) is 9.97 Å². The average molecular weight is 334 g/mol. The largest absolute Gasteiger partial charge is 0.342 e. The summed E-state index contributed by atoms with van der Waals surface area (Å²) in [4.78, 5) is 22.7. The van der Waals surface area contributed by atoms with Crippen LogP contribution in [0.5, 0.6) is 0 Å². The van der Waals surface area contributed by atoms with Crippen LogP contribution in [0.4, 0.5) is 0 Å². The predicted octanol–water partition coefficient (Wildman–Crippen LogP) is 3.87. The lowest BCUT2D eigenvalue weighted by Gasteiger charge is -2.15. The van der Waals surface area contributed by atoms with E-state index in [0.29, 0.717) is 19.4 Å². The lowest BCUT2D eigenvalue weighted by Crippen LogP contribution is -2.26. The summed E-state index contributed by atoms with van der Waals surface area (Å²) in [6.45, 7) is 0.594. The fourth-order valence-electron chi connectivity index (χ4n) is 2.30. The Labute approximate surface area is 137 Å². The van der Waals surface area contributed by atoms with Crippen molar-refractivity contribution in [1.29, 1.82) is 0 Å². The number of para-hydroxylation sites is 2. The van der Waals surface area contributed by atoms with Gasteiger partial charge in [-0.1, -0.05) is 23.7 Å². The summed E-state index contributed by atoms with van der Waals surface area (Å²) in [6, 6.07) is 11.7. The first-order chi connectivity index (χ1) is 10.6. The molecule has 0 aliphatic heterocycles. The maximum absolute atomic E-state index is 12.2. The minimum atomic E-state index is 0.102. The number of thiophene rings is 1. The molecule has 4 nitrogen and oxygen atoms in total. The van der Waals surface area contributed by atoms with Gasteiger partial charge in [-0.05, 0) is 24.3 Å². The minimum absolute atomic E-state index is 0.102. The first kappa shape index (κ1) is 15.1. The van der Waals surface area contributed by atoms with Gasteiger partial charge in [0.2, 0.25) is 5.91 Å². The lowest BCUT2D eigenvalue weighted by atomic mass is 10.2. The number of nitrogens with zero attached hydrogens (tertiary/aromatic N) is 2. The third kappa shape index (κ3) is 3.48.